The number of aromatic nitrogens is 5. The van der Waals surface area contributed by atoms with Gasteiger partial charge < -0.3 is 5.32 Å². The van der Waals surface area contributed by atoms with Crippen LogP contribution in [0, 0.1) is 18.3 Å². The van der Waals surface area contributed by atoms with E-state index in [-0.39, 0.29) is 23.1 Å². The van der Waals surface area contributed by atoms with Crippen molar-refractivity contribution in [1.29, 1.82) is 5.26 Å². The minimum Gasteiger partial charge on any atom is -0.348 e. The fraction of sp³-hybridized carbons (Fsp3) is 0.200. The minimum atomic E-state index is -4.63. The number of rotatable bonds is 5. The quantitative estimate of drug-likeness (QED) is 0.443. The van der Waals surface area contributed by atoms with Crippen LogP contribution in [0.15, 0.2) is 59.7 Å². The highest BCUT2D eigenvalue weighted by Gasteiger charge is 2.32. The van der Waals surface area contributed by atoms with Gasteiger partial charge in [0.2, 0.25) is 0 Å². The van der Waals surface area contributed by atoms with E-state index < -0.39 is 28.9 Å². The number of nitrogens with one attached hydrogen (secondary N) is 1. The van der Waals surface area contributed by atoms with Gasteiger partial charge in [0, 0.05) is 17.9 Å². The highest BCUT2D eigenvalue weighted by molar-refractivity contribution is 5.93. The van der Waals surface area contributed by atoms with Gasteiger partial charge in [-0.3, -0.25) is 14.2 Å². The Balaban J connectivity index is 1.73. The molecular formula is C25H18F3N7O2. The van der Waals surface area contributed by atoms with Crippen molar-refractivity contribution >= 4 is 5.91 Å². The van der Waals surface area contributed by atoms with Gasteiger partial charge in [0.1, 0.15) is 11.8 Å². The van der Waals surface area contributed by atoms with Gasteiger partial charge in [-0.2, -0.15) is 23.5 Å². The van der Waals surface area contributed by atoms with Crippen molar-refractivity contribution in [3.8, 4) is 29.0 Å². The minimum absolute atomic E-state index is 0.0657. The Hall–Kier alpha value is -4.79. The molecule has 0 bridgehead atoms. The summed E-state index contributed by atoms with van der Waals surface area (Å²) >= 11 is 0. The van der Waals surface area contributed by atoms with Crippen molar-refractivity contribution in [3.05, 3.63) is 87.7 Å². The summed E-state index contributed by atoms with van der Waals surface area (Å²) in [6.45, 7) is 1.52. The van der Waals surface area contributed by atoms with Crippen molar-refractivity contribution in [2.24, 2.45) is 0 Å². The van der Waals surface area contributed by atoms with E-state index in [9.17, 15) is 22.8 Å². The number of amides is 1. The van der Waals surface area contributed by atoms with Gasteiger partial charge in [0.15, 0.2) is 11.5 Å². The first-order valence-electron chi connectivity index (χ1n) is 11.2. The summed E-state index contributed by atoms with van der Waals surface area (Å²) in [5.74, 6) is -0.377. The third kappa shape index (κ3) is 4.58. The number of carbonyl (C=O) groups is 1. The molecule has 1 saturated carbocycles. The molecule has 0 saturated heterocycles. The predicted molar refractivity (Wildman–Crippen MR) is 125 cm³/mol. The van der Waals surface area contributed by atoms with Crippen LogP contribution in [0.3, 0.4) is 0 Å². The molecule has 9 nitrogen and oxygen atoms in total. The lowest BCUT2D eigenvalue weighted by molar-refractivity contribution is -0.137. The second-order valence-corrected chi connectivity index (χ2v) is 8.48. The number of alkyl halides is 3. The summed E-state index contributed by atoms with van der Waals surface area (Å²) in [6.07, 6.45) is -0.276. The second kappa shape index (κ2) is 9.02. The molecule has 1 amide bonds. The zero-order chi connectivity index (χ0) is 26.3. The Morgan fingerprint density at radius 1 is 1.19 bits per heavy atom. The Kier molecular flexibility index (Phi) is 5.83. The van der Waals surface area contributed by atoms with E-state index >= 15 is 0 Å². The normalized spacial score (nSPS) is 13.3. The molecule has 3 aromatic heterocycles. The highest BCUT2D eigenvalue weighted by Crippen LogP contribution is 2.31. The van der Waals surface area contributed by atoms with Gasteiger partial charge in [0.05, 0.1) is 28.7 Å². The summed E-state index contributed by atoms with van der Waals surface area (Å²) < 4.78 is 42.8. The largest absolute Gasteiger partial charge is 0.416 e. The number of carbonyl (C=O) groups excluding carboxylic acids is 1. The van der Waals surface area contributed by atoms with Gasteiger partial charge >= 0.3 is 6.18 Å². The molecule has 0 atom stereocenters. The number of hydrogen-bond donors (Lipinski definition) is 1. The van der Waals surface area contributed by atoms with E-state index in [0.29, 0.717) is 17.1 Å². The third-order valence-electron chi connectivity index (χ3n) is 5.85. The monoisotopic (exact) mass is 505 g/mol. The van der Waals surface area contributed by atoms with Crippen LogP contribution in [0.25, 0.3) is 22.9 Å². The molecule has 1 fully saturated rings. The lowest BCUT2D eigenvalue weighted by Gasteiger charge is -2.17. The second-order valence-electron chi connectivity index (χ2n) is 8.48. The Morgan fingerprint density at radius 2 is 1.97 bits per heavy atom. The first-order valence-corrected chi connectivity index (χ1v) is 11.2. The number of pyridine rings is 1. The number of hydrogen-bond acceptors (Lipinski definition) is 6. The van der Waals surface area contributed by atoms with Crippen molar-refractivity contribution < 1.29 is 18.0 Å². The van der Waals surface area contributed by atoms with E-state index in [1.165, 1.54) is 36.1 Å². The standard InChI is InChI=1S/C25H18F3N7O2/c1-14-21(19-9-10-31-35(19)20-8-5-15(12-29)13-30-20)33-22(23(36)32-17-6-7-17)24(37)34(14)18-4-2-3-16(11-18)25(26,27)28/h2-5,8-11,13,17H,6-7H2,1H3,(H,32,36). The Morgan fingerprint density at radius 3 is 2.62 bits per heavy atom. The van der Waals surface area contributed by atoms with E-state index in [4.69, 9.17) is 5.26 Å². The molecule has 1 aliphatic rings. The molecule has 0 unspecified atom stereocenters. The zero-order valence-corrected chi connectivity index (χ0v) is 19.3. The van der Waals surface area contributed by atoms with Crippen LogP contribution in [0.5, 0.6) is 0 Å². The fourth-order valence-corrected chi connectivity index (χ4v) is 3.85. The SMILES string of the molecule is Cc1c(-c2ccnn2-c2ccc(C#N)cn2)nc(C(=O)NC2CC2)c(=O)n1-c1cccc(C(F)(F)F)c1. The van der Waals surface area contributed by atoms with Crippen molar-refractivity contribution in [3.63, 3.8) is 0 Å². The van der Waals surface area contributed by atoms with E-state index in [2.05, 4.69) is 20.4 Å². The summed E-state index contributed by atoms with van der Waals surface area (Å²) in [5.41, 5.74) is -1.27. The smallest absolute Gasteiger partial charge is 0.348 e. The van der Waals surface area contributed by atoms with Gasteiger partial charge in [0.25, 0.3) is 11.5 Å². The summed E-state index contributed by atoms with van der Waals surface area (Å²) in [6, 6.07) is 10.9. The van der Waals surface area contributed by atoms with Crippen molar-refractivity contribution in [2.75, 3.05) is 0 Å². The topological polar surface area (TPSA) is 118 Å². The maximum atomic E-state index is 13.4. The first-order chi connectivity index (χ1) is 17.7. The molecule has 0 spiro atoms. The highest BCUT2D eigenvalue weighted by atomic mass is 19.4. The zero-order valence-electron chi connectivity index (χ0n) is 19.3. The maximum absolute atomic E-state index is 13.4. The van der Waals surface area contributed by atoms with Crippen LogP contribution < -0.4 is 10.9 Å². The Labute approximate surface area is 207 Å². The predicted octanol–water partition coefficient (Wildman–Crippen LogP) is 3.57. The molecular weight excluding hydrogens is 487 g/mol. The van der Waals surface area contributed by atoms with Gasteiger partial charge in [-0.1, -0.05) is 6.07 Å². The number of nitrogens with zero attached hydrogens (tertiary/aromatic N) is 6. The number of nitriles is 1. The average molecular weight is 505 g/mol. The molecule has 3 heterocycles. The molecule has 37 heavy (non-hydrogen) atoms. The average Bonchev–Trinajstić information content (AvgIpc) is 3.56. The van der Waals surface area contributed by atoms with Crippen LogP contribution in [-0.4, -0.2) is 36.3 Å². The molecule has 12 heteroatoms. The van der Waals surface area contributed by atoms with Crippen molar-refractivity contribution in [2.45, 2.75) is 32.0 Å². The van der Waals surface area contributed by atoms with Crippen molar-refractivity contribution in [1.82, 2.24) is 29.6 Å². The van der Waals surface area contributed by atoms with Crippen LogP contribution in [0.2, 0.25) is 0 Å². The lowest BCUT2D eigenvalue weighted by Crippen LogP contribution is -2.36. The van der Waals surface area contributed by atoms with Crippen LogP contribution >= 0.6 is 0 Å². The van der Waals surface area contributed by atoms with E-state index in [1.54, 1.807) is 18.2 Å². The van der Waals surface area contributed by atoms with E-state index in [0.717, 1.165) is 29.5 Å². The fourth-order valence-electron chi connectivity index (χ4n) is 3.85. The summed E-state index contributed by atoms with van der Waals surface area (Å²) in [5, 5.41) is 16.0. The van der Waals surface area contributed by atoms with Crippen LogP contribution in [0.1, 0.15) is 40.2 Å². The molecule has 0 aliphatic heterocycles. The summed E-state index contributed by atoms with van der Waals surface area (Å²) in [4.78, 5) is 35.0. The lowest BCUT2D eigenvalue weighted by atomic mass is 10.1. The number of halogens is 3. The van der Waals surface area contributed by atoms with Gasteiger partial charge in [-0.15, -0.1) is 0 Å². The van der Waals surface area contributed by atoms with Gasteiger partial charge in [-0.25, -0.2) is 14.6 Å². The Bertz CT molecular complexity index is 1610. The molecule has 1 N–H and O–H groups in total. The molecule has 1 aliphatic carbocycles. The maximum Gasteiger partial charge on any atom is 0.416 e. The van der Waals surface area contributed by atoms with Crippen LogP contribution in [0.4, 0.5) is 13.2 Å². The molecule has 5 rings (SSSR count). The summed E-state index contributed by atoms with van der Waals surface area (Å²) in [7, 11) is 0. The van der Waals surface area contributed by atoms with Gasteiger partial charge in [-0.05, 0) is 56.2 Å². The first kappa shape index (κ1) is 23.9. The number of benzene rings is 1. The third-order valence-corrected chi connectivity index (χ3v) is 5.85. The molecule has 0 radical (unpaired) electrons. The molecule has 1 aromatic carbocycles. The molecule has 4 aromatic rings. The van der Waals surface area contributed by atoms with Crippen LogP contribution in [-0.2, 0) is 6.18 Å². The van der Waals surface area contributed by atoms with E-state index in [1.807, 2.05) is 6.07 Å². The molecule has 186 valence electrons.